The highest BCUT2D eigenvalue weighted by molar-refractivity contribution is 7.11. The minimum Gasteiger partial charge on any atom is -0.374 e. The Balaban J connectivity index is 1.72. The first kappa shape index (κ1) is 19.4. The average molecular weight is 361 g/mol. The van der Waals surface area contributed by atoms with E-state index < -0.39 is 0 Å². The van der Waals surface area contributed by atoms with Crippen molar-refractivity contribution in [2.45, 2.75) is 46.4 Å². The predicted molar refractivity (Wildman–Crippen MR) is 105 cm³/mol. The zero-order valence-electron chi connectivity index (χ0n) is 15.5. The van der Waals surface area contributed by atoms with Crippen molar-refractivity contribution in [3.05, 3.63) is 51.5 Å². The Morgan fingerprint density at radius 1 is 1.20 bits per heavy atom. The minimum absolute atomic E-state index is 0.254. The molecule has 0 bridgehead atoms. The molecule has 0 spiro atoms. The van der Waals surface area contributed by atoms with Crippen LogP contribution >= 0.6 is 11.3 Å². The van der Waals surface area contributed by atoms with E-state index in [0.717, 1.165) is 30.5 Å². The molecule has 136 valence electrons. The fourth-order valence-electron chi connectivity index (χ4n) is 2.23. The van der Waals surface area contributed by atoms with Gasteiger partial charge in [-0.3, -0.25) is 4.99 Å². The highest BCUT2D eigenvalue weighted by atomic mass is 32.1. The molecule has 0 atom stereocenters. The topological polar surface area (TPSA) is 58.5 Å². The molecule has 0 amide bonds. The summed E-state index contributed by atoms with van der Waals surface area (Å²) in [6.45, 7) is 8.39. The van der Waals surface area contributed by atoms with E-state index in [4.69, 9.17) is 4.74 Å². The molecule has 0 aliphatic heterocycles. The van der Waals surface area contributed by atoms with Crippen LogP contribution in [0, 0.1) is 6.92 Å². The van der Waals surface area contributed by atoms with Crippen LogP contribution < -0.4 is 10.6 Å². The van der Waals surface area contributed by atoms with Crippen LogP contribution in [0.3, 0.4) is 0 Å². The molecule has 0 radical (unpaired) electrons. The Morgan fingerprint density at radius 3 is 2.52 bits per heavy atom. The summed E-state index contributed by atoms with van der Waals surface area (Å²) in [6, 6.07) is 8.47. The summed E-state index contributed by atoms with van der Waals surface area (Å²) in [4.78, 5) is 9.89. The number of aryl methyl sites for hydroxylation is 1. The molecule has 0 fully saturated rings. The van der Waals surface area contributed by atoms with Gasteiger partial charge in [0.05, 0.1) is 17.7 Å². The maximum Gasteiger partial charge on any atom is 0.191 e. The van der Waals surface area contributed by atoms with Gasteiger partial charge in [-0.1, -0.05) is 24.3 Å². The number of hydrogen-bond acceptors (Lipinski definition) is 4. The molecule has 2 aromatic rings. The van der Waals surface area contributed by atoms with Crippen molar-refractivity contribution in [1.82, 2.24) is 15.6 Å². The van der Waals surface area contributed by atoms with E-state index in [9.17, 15) is 0 Å². The lowest BCUT2D eigenvalue weighted by molar-refractivity contribution is 0.0657. The van der Waals surface area contributed by atoms with Gasteiger partial charge in [0.25, 0.3) is 0 Å². The van der Waals surface area contributed by atoms with Gasteiger partial charge in [-0.2, -0.15) is 0 Å². The number of thiazole rings is 1. The molecule has 25 heavy (non-hydrogen) atoms. The lowest BCUT2D eigenvalue weighted by Gasteiger charge is -2.12. The molecule has 0 unspecified atom stereocenters. The Kier molecular flexibility index (Phi) is 7.88. The standard InChI is InChI=1S/C19H28N4OS/c1-14(2)24-13-17-7-5-16(6-8-17)12-23-19(20-4)21-10-9-18-22-11-15(3)25-18/h5-8,11,14H,9-10,12-13H2,1-4H3,(H2,20,21,23). The van der Waals surface area contributed by atoms with Crippen LogP contribution in [0.15, 0.2) is 35.5 Å². The molecule has 0 saturated heterocycles. The molecular weight excluding hydrogens is 332 g/mol. The van der Waals surface area contributed by atoms with Crippen LogP contribution in [0.5, 0.6) is 0 Å². The normalized spacial score (nSPS) is 11.8. The van der Waals surface area contributed by atoms with Gasteiger partial charge in [0.1, 0.15) is 0 Å². The van der Waals surface area contributed by atoms with Crippen molar-refractivity contribution >= 4 is 17.3 Å². The Morgan fingerprint density at radius 2 is 1.92 bits per heavy atom. The quantitative estimate of drug-likeness (QED) is 0.560. The first-order valence-corrected chi connectivity index (χ1v) is 9.43. The molecule has 0 aliphatic carbocycles. The van der Waals surface area contributed by atoms with Crippen molar-refractivity contribution in [2.75, 3.05) is 13.6 Å². The van der Waals surface area contributed by atoms with E-state index in [-0.39, 0.29) is 6.10 Å². The molecule has 0 saturated carbocycles. The van der Waals surface area contributed by atoms with Gasteiger partial charge in [-0.15, -0.1) is 11.3 Å². The fraction of sp³-hybridized carbons (Fsp3) is 0.474. The molecule has 1 aromatic heterocycles. The third-order valence-electron chi connectivity index (χ3n) is 3.59. The molecule has 2 N–H and O–H groups in total. The average Bonchev–Trinajstić information content (AvgIpc) is 3.02. The number of aliphatic imine (C=N–C) groups is 1. The van der Waals surface area contributed by atoms with Gasteiger partial charge in [0.15, 0.2) is 5.96 Å². The number of rotatable bonds is 8. The van der Waals surface area contributed by atoms with Gasteiger partial charge in [0.2, 0.25) is 0 Å². The molecule has 1 aromatic carbocycles. The van der Waals surface area contributed by atoms with Crippen molar-refractivity contribution in [3.8, 4) is 0 Å². The van der Waals surface area contributed by atoms with E-state index >= 15 is 0 Å². The second kappa shape index (κ2) is 10.2. The van der Waals surface area contributed by atoms with Crippen LogP contribution in [0.1, 0.15) is 34.9 Å². The summed E-state index contributed by atoms with van der Waals surface area (Å²) in [5.74, 6) is 0.806. The fourth-order valence-corrected chi connectivity index (χ4v) is 3.01. The maximum absolute atomic E-state index is 5.62. The SMILES string of the molecule is CN=C(NCCc1ncc(C)s1)NCc1ccc(COC(C)C)cc1. The molecular formula is C19H28N4OS. The highest BCUT2D eigenvalue weighted by Crippen LogP contribution is 2.11. The van der Waals surface area contributed by atoms with E-state index in [0.29, 0.717) is 6.61 Å². The summed E-state index contributed by atoms with van der Waals surface area (Å²) < 4.78 is 5.62. The van der Waals surface area contributed by atoms with Crippen molar-refractivity contribution in [2.24, 2.45) is 4.99 Å². The van der Waals surface area contributed by atoms with Gasteiger partial charge < -0.3 is 15.4 Å². The number of hydrogen-bond donors (Lipinski definition) is 2. The number of nitrogens with zero attached hydrogens (tertiary/aromatic N) is 2. The van der Waals surface area contributed by atoms with Crippen molar-refractivity contribution in [1.29, 1.82) is 0 Å². The first-order valence-electron chi connectivity index (χ1n) is 8.62. The Bertz CT molecular complexity index is 664. The zero-order valence-corrected chi connectivity index (χ0v) is 16.3. The first-order chi connectivity index (χ1) is 12.1. The molecule has 0 aliphatic rings. The molecule has 2 rings (SSSR count). The van der Waals surface area contributed by atoms with E-state index in [1.807, 2.05) is 20.0 Å². The number of nitrogens with one attached hydrogen (secondary N) is 2. The summed E-state index contributed by atoms with van der Waals surface area (Å²) in [7, 11) is 1.79. The second-order valence-electron chi connectivity index (χ2n) is 6.14. The molecule has 6 heteroatoms. The largest absolute Gasteiger partial charge is 0.374 e. The predicted octanol–water partition coefficient (Wildman–Crippen LogP) is 3.28. The van der Waals surface area contributed by atoms with Crippen LogP contribution in [0.25, 0.3) is 0 Å². The van der Waals surface area contributed by atoms with Crippen LogP contribution in [-0.2, 0) is 24.3 Å². The number of guanidine groups is 1. The lowest BCUT2D eigenvalue weighted by Crippen LogP contribution is -2.37. The number of benzene rings is 1. The van der Waals surface area contributed by atoms with Crippen molar-refractivity contribution < 1.29 is 4.74 Å². The monoisotopic (exact) mass is 360 g/mol. The summed E-state index contributed by atoms with van der Waals surface area (Å²) in [6.07, 6.45) is 3.08. The van der Waals surface area contributed by atoms with Crippen LogP contribution in [0.2, 0.25) is 0 Å². The van der Waals surface area contributed by atoms with Gasteiger partial charge in [-0.25, -0.2) is 4.98 Å². The van der Waals surface area contributed by atoms with Gasteiger partial charge in [-0.05, 0) is 31.9 Å². The smallest absolute Gasteiger partial charge is 0.191 e. The third-order valence-corrected chi connectivity index (χ3v) is 4.56. The van der Waals surface area contributed by atoms with Crippen LogP contribution in [0.4, 0.5) is 0 Å². The summed E-state index contributed by atoms with van der Waals surface area (Å²) >= 11 is 1.74. The highest BCUT2D eigenvalue weighted by Gasteiger charge is 2.02. The van der Waals surface area contributed by atoms with Crippen molar-refractivity contribution in [3.63, 3.8) is 0 Å². The third kappa shape index (κ3) is 7.23. The maximum atomic E-state index is 5.62. The summed E-state index contributed by atoms with van der Waals surface area (Å²) in [5.41, 5.74) is 2.41. The van der Waals surface area contributed by atoms with E-state index in [1.165, 1.54) is 16.0 Å². The minimum atomic E-state index is 0.254. The summed E-state index contributed by atoms with van der Waals surface area (Å²) in [5, 5.41) is 7.82. The zero-order chi connectivity index (χ0) is 18.1. The van der Waals surface area contributed by atoms with Crippen LogP contribution in [-0.4, -0.2) is 30.6 Å². The Hall–Kier alpha value is -1.92. The van der Waals surface area contributed by atoms with Gasteiger partial charge >= 0.3 is 0 Å². The van der Waals surface area contributed by atoms with Gasteiger partial charge in [0, 0.05) is 37.6 Å². The molecule has 1 heterocycles. The number of ether oxygens (including phenoxy) is 1. The molecule has 5 nitrogen and oxygen atoms in total. The second-order valence-corrected chi connectivity index (χ2v) is 7.46. The lowest BCUT2D eigenvalue weighted by atomic mass is 10.1. The number of aromatic nitrogens is 1. The van der Waals surface area contributed by atoms with E-state index in [2.05, 4.69) is 51.8 Å². The Labute approximate surface area is 154 Å². The van der Waals surface area contributed by atoms with E-state index in [1.54, 1.807) is 18.4 Å².